The van der Waals surface area contributed by atoms with Crippen LogP contribution in [0, 0.1) is 5.41 Å². The van der Waals surface area contributed by atoms with Crippen LogP contribution in [-0.4, -0.2) is 18.7 Å². The second-order valence-electron chi connectivity index (χ2n) is 4.22. The van der Waals surface area contributed by atoms with Gasteiger partial charge in [-0.1, -0.05) is 5.82 Å². The van der Waals surface area contributed by atoms with E-state index in [-0.39, 0.29) is 0 Å². The zero-order chi connectivity index (χ0) is 10.8. The molecule has 14 heavy (non-hydrogen) atoms. The van der Waals surface area contributed by atoms with Crippen LogP contribution in [0.1, 0.15) is 19.3 Å². The molecule has 2 fully saturated rings. The highest BCUT2D eigenvalue weighted by Crippen LogP contribution is 2.69. The highest BCUT2D eigenvalue weighted by atomic mass is 19.4. The molecule has 0 amide bonds. The molecule has 0 aromatic rings. The lowest BCUT2D eigenvalue weighted by atomic mass is 9.38. The molecule has 0 aromatic carbocycles. The van der Waals surface area contributed by atoms with Gasteiger partial charge in [-0.15, -0.1) is 0 Å². The van der Waals surface area contributed by atoms with Crippen molar-refractivity contribution in [1.82, 2.24) is 0 Å². The Bertz CT molecular complexity index is 289. The number of ketones is 1. The fourth-order valence-corrected chi connectivity index (χ4v) is 2.50. The molecule has 2 rings (SSSR count). The van der Waals surface area contributed by atoms with Gasteiger partial charge >= 0.3 is 6.98 Å². The molecule has 0 aromatic heterocycles. The highest BCUT2D eigenvalue weighted by Gasteiger charge is 2.71. The Labute approximate surface area is 76.7 Å². The van der Waals surface area contributed by atoms with Crippen LogP contribution in [0.15, 0.2) is 0 Å². The Morgan fingerprint density at radius 1 is 1.21 bits per heavy atom. The standard InChI is InChI=1S/C7H7BF5O/c9-7(10)2-6(3-7)4(1-5(6)14)8(11,12)13/h4H,1-3H2/q-1. The minimum absolute atomic E-state index is 0.598. The Morgan fingerprint density at radius 2 is 1.71 bits per heavy atom. The first-order valence-corrected chi connectivity index (χ1v) is 4.28. The molecule has 0 radical (unpaired) electrons. The molecule has 1 nitrogen and oxygen atoms in total. The van der Waals surface area contributed by atoms with Gasteiger partial charge in [0.15, 0.2) is 0 Å². The molecule has 0 heterocycles. The zero-order valence-corrected chi connectivity index (χ0v) is 7.07. The molecule has 7 heteroatoms. The maximum atomic E-state index is 12.5. The van der Waals surface area contributed by atoms with Gasteiger partial charge in [-0.05, 0) is 6.42 Å². The van der Waals surface area contributed by atoms with Crippen molar-refractivity contribution in [2.45, 2.75) is 31.0 Å². The van der Waals surface area contributed by atoms with E-state index in [1.54, 1.807) is 0 Å². The van der Waals surface area contributed by atoms with Crippen LogP contribution in [0.25, 0.3) is 0 Å². The lowest BCUT2D eigenvalue weighted by Gasteiger charge is -2.60. The van der Waals surface area contributed by atoms with Crippen LogP contribution in [0.5, 0.6) is 0 Å². The first-order valence-electron chi connectivity index (χ1n) is 4.28. The summed E-state index contributed by atoms with van der Waals surface area (Å²) in [6, 6.07) is 0. The van der Waals surface area contributed by atoms with Crippen LogP contribution in [0.4, 0.5) is 21.7 Å². The molecule has 0 saturated heterocycles. The average Bonchev–Trinajstić information content (AvgIpc) is 1.92. The number of alkyl halides is 2. The molecule has 2 saturated carbocycles. The van der Waals surface area contributed by atoms with Crippen molar-refractivity contribution >= 4 is 12.8 Å². The van der Waals surface area contributed by atoms with Gasteiger partial charge in [0.1, 0.15) is 5.78 Å². The van der Waals surface area contributed by atoms with E-state index in [2.05, 4.69) is 0 Å². The number of carbonyl (C=O) groups excluding carboxylic acids is 1. The lowest BCUT2D eigenvalue weighted by Crippen LogP contribution is -2.64. The monoisotopic (exact) mass is 213 g/mol. The molecule has 0 aliphatic heterocycles. The van der Waals surface area contributed by atoms with Crippen LogP contribution in [0.3, 0.4) is 0 Å². The molecule has 1 atom stereocenters. The minimum Gasteiger partial charge on any atom is -0.449 e. The van der Waals surface area contributed by atoms with Crippen molar-refractivity contribution in [3.8, 4) is 0 Å². The van der Waals surface area contributed by atoms with Crippen LogP contribution >= 0.6 is 0 Å². The molecule has 2 aliphatic rings. The van der Waals surface area contributed by atoms with Gasteiger partial charge in [0.25, 0.3) is 0 Å². The number of carbonyl (C=O) groups is 1. The van der Waals surface area contributed by atoms with Crippen molar-refractivity contribution in [2.24, 2.45) is 5.41 Å². The average molecular weight is 213 g/mol. The fourth-order valence-electron chi connectivity index (χ4n) is 2.50. The van der Waals surface area contributed by atoms with E-state index in [9.17, 15) is 26.5 Å². The second kappa shape index (κ2) is 2.31. The fraction of sp³-hybridized carbons (Fsp3) is 0.857. The van der Waals surface area contributed by atoms with Crippen molar-refractivity contribution in [3.05, 3.63) is 0 Å². The van der Waals surface area contributed by atoms with Crippen LogP contribution in [-0.2, 0) is 4.79 Å². The Morgan fingerprint density at radius 3 is 2.00 bits per heavy atom. The van der Waals surface area contributed by atoms with Crippen LogP contribution < -0.4 is 0 Å². The van der Waals surface area contributed by atoms with Gasteiger partial charge in [0.2, 0.25) is 5.92 Å². The third kappa shape index (κ3) is 1.10. The predicted octanol–water partition coefficient (Wildman–Crippen LogP) is 2.59. The topological polar surface area (TPSA) is 17.1 Å². The zero-order valence-electron chi connectivity index (χ0n) is 7.07. The summed E-state index contributed by atoms with van der Waals surface area (Å²) in [5.41, 5.74) is -1.75. The summed E-state index contributed by atoms with van der Waals surface area (Å²) in [5, 5.41) is 0. The molecular formula is C7H7BF5O-. The number of Topliss-reactive ketones (excluding diaryl/α,β-unsaturated/α-hetero) is 1. The molecular weight excluding hydrogens is 206 g/mol. The molecule has 1 spiro atoms. The minimum atomic E-state index is -5.16. The third-order valence-electron chi connectivity index (χ3n) is 3.27. The first-order chi connectivity index (χ1) is 6.17. The van der Waals surface area contributed by atoms with E-state index >= 15 is 0 Å². The Hall–Kier alpha value is -0.615. The van der Waals surface area contributed by atoms with E-state index < -0.39 is 49.2 Å². The smallest absolute Gasteiger partial charge is 0.449 e. The van der Waals surface area contributed by atoms with Gasteiger partial charge in [0, 0.05) is 18.3 Å². The van der Waals surface area contributed by atoms with Gasteiger partial charge < -0.3 is 12.9 Å². The molecule has 0 bridgehead atoms. The summed E-state index contributed by atoms with van der Waals surface area (Å²) in [6.07, 6.45) is -2.42. The molecule has 1 unspecified atom stereocenters. The summed E-state index contributed by atoms with van der Waals surface area (Å²) in [6.45, 7) is -5.16. The van der Waals surface area contributed by atoms with E-state index in [1.165, 1.54) is 0 Å². The van der Waals surface area contributed by atoms with Gasteiger partial charge in [-0.3, -0.25) is 4.79 Å². The normalized spacial score (nSPS) is 33.8. The first kappa shape index (κ1) is 9.92. The number of halogens is 5. The maximum absolute atomic E-state index is 12.5. The molecule has 80 valence electrons. The second-order valence-corrected chi connectivity index (χ2v) is 4.22. The van der Waals surface area contributed by atoms with Gasteiger partial charge in [-0.2, -0.15) is 0 Å². The highest BCUT2D eigenvalue weighted by molar-refractivity contribution is 6.62. The maximum Gasteiger partial charge on any atom is 0.482 e. The molecule has 0 N–H and O–H groups in total. The Balaban J connectivity index is 2.16. The van der Waals surface area contributed by atoms with E-state index in [0.717, 1.165) is 0 Å². The number of rotatable bonds is 1. The summed E-state index contributed by atoms with van der Waals surface area (Å²) in [5.74, 6) is -5.50. The van der Waals surface area contributed by atoms with Crippen molar-refractivity contribution < 1.29 is 26.5 Å². The van der Waals surface area contributed by atoms with Gasteiger partial charge in [0.05, 0.1) is 0 Å². The summed E-state index contributed by atoms with van der Waals surface area (Å²) >= 11 is 0. The van der Waals surface area contributed by atoms with Gasteiger partial charge in [-0.25, -0.2) is 8.78 Å². The summed E-state index contributed by atoms with van der Waals surface area (Å²) < 4.78 is 61.9. The van der Waals surface area contributed by atoms with E-state index in [4.69, 9.17) is 0 Å². The quantitative estimate of drug-likeness (QED) is 0.483. The van der Waals surface area contributed by atoms with Crippen molar-refractivity contribution in [2.75, 3.05) is 0 Å². The third-order valence-corrected chi connectivity index (χ3v) is 3.27. The summed E-state index contributed by atoms with van der Waals surface area (Å²) in [4.78, 5) is 11.0. The predicted molar refractivity (Wildman–Crippen MR) is 39.1 cm³/mol. The lowest BCUT2D eigenvalue weighted by molar-refractivity contribution is -0.196. The largest absolute Gasteiger partial charge is 0.482 e. The molecule has 2 aliphatic carbocycles. The summed E-state index contributed by atoms with van der Waals surface area (Å²) in [7, 11) is 0. The van der Waals surface area contributed by atoms with Crippen LogP contribution in [0.2, 0.25) is 5.82 Å². The SMILES string of the molecule is O=C1CC([B-](F)(F)F)C12CC(F)(F)C2. The van der Waals surface area contributed by atoms with Crippen molar-refractivity contribution in [1.29, 1.82) is 0 Å². The Kier molecular flexibility index (Phi) is 1.63. The number of hydrogen-bond acceptors (Lipinski definition) is 1. The number of hydrogen-bond donors (Lipinski definition) is 0. The van der Waals surface area contributed by atoms with E-state index in [0.29, 0.717) is 0 Å². The van der Waals surface area contributed by atoms with Crippen molar-refractivity contribution in [3.63, 3.8) is 0 Å². The van der Waals surface area contributed by atoms with E-state index in [1.807, 2.05) is 0 Å².